The number of amides is 1. The van der Waals surface area contributed by atoms with Gasteiger partial charge in [0.15, 0.2) is 0 Å². The van der Waals surface area contributed by atoms with Crippen molar-refractivity contribution in [3.05, 3.63) is 33.9 Å². The lowest BCUT2D eigenvalue weighted by Crippen LogP contribution is -2.18. The molecule has 1 heterocycles. The molecular formula is C16H21ClN2O5S. The van der Waals surface area contributed by atoms with Crippen LogP contribution in [-0.4, -0.2) is 30.0 Å². The summed E-state index contributed by atoms with van der Waals surface area (Å²) in [6, 6.07) is 5.48. The predicted molar refractivity (Wildman–Crippen MR) is 95.5 cm³/mol. The third-order valence-corrected chi connectivity index (χ3v) is 4.38. The summed E-state index contributed by atoms with van der Waals surface area (Å²) >= 11 is 7.23. The van der Waals surface area contributed by atoms with Gasteiger partial charge in [0.2, 0.25) is 11.0 Å². The Hall–Kier alpha value is -1.45. The van der Waals surface area contributed by atoms with E-state index >= 15 is 0 Å². The van der Waals surface area contributed by atoms with Gasteiger partial charge in [0.1, 0.15) is 5.75 Å². The molecule has 0 saturated carbocycles. The number of carbonyl (C=O) groups is 1. The van der Waals surface area contributed by atoms with Gasteiger partial charge in [0, 0.05) is 18.1 Å². The molecular weight excluding hydrogens is 368 g/mol. The molecule has 0 atom stereocenters. The summed E-state index contributed by atoms with van der Waals surface area (Å²) < 4.78 is 10.7. The summed E-state index contributed by atoms with van der Waals surface area (Å²) in [5, 5.41) is 11.0. The van der Waals surface area contributed by atoms with Crippen molar-refractivity contribution in [1.29, 1.82) is 0 Å². The van der Waals surface area contributed by atoms with Gasteiger partial charge < -0.3 is 9.57 Å². The Morgan fingerprint density at radius 3 is 2.96 bits per heavy atom. The summed E-state index contributed by atoms with van der Waals surface area (Å²) in [5.41, 5.74) is 2.43. The number of nitrogens with zero attached hydrogens (tertiary/aromatic N) is 1. The number of rotatable bonds is 9. The van der Waals surface area contributed by atoms with E-state index in [1.165, 1.54) is 5.23 Å². The number of hydroxylamine groups is 3. The first-order valence-corrected chi connectivity index (χ1v) is 9.03. The average molecular weight is 389 g/mol. The summed E-state index contributed by atoms with van der Waals surface area (Å²) in [6.07, 6.45) is 5.59. The van der Waals surface area contributed by atoms with Crippen LogP contribution in [0.25, 0.3) is 6.08 Å². The van der Waals surface area contributed by atoms with E-state index < -0.39 is 0 Å². The van der Waals surface area contributed by atoms with Crippen molar-refractivity contribution >= 4 is 35.6 Å². The molecule has 0 aliphatic carbocycles. The highest BCUT2D eigenvalue weighted by atomic mass is 35.5. The van der Waals surface area contributed by atoms with E-state index in [2.05, 4.69) is 0 Å². The number of benzene rings is 1. The number of nitrogens with one attached hydrogen (secondary N) is 1. The summed E-state index contributed by atoms with van der Waals surface area (Å²) in [5.74, 6) is 0.236. The zero-order valence-electron chi connectivity index (χ0n) is 13.9. The Kier molecular flexibility index (Phi) is 8.36. The molecule has 25 heavy (non-hydrogen) atoms. The standard InChI is InChI=1S/C16H21ClN2O5S/c1-22-16-12(7-6-8-13(16)17)11-15-23-19(24-25-15)10-5-3-2-4-9-14(20)18-21/h6-8,11,21H,2-5,9-10H2,1H3,(H,18,20)/b15-11-. The monoisotopic (exact) mass is 388 g/mol. The van der Waals surface area contributed by atoms with Gasteiger partial charge in [-0.05, 0) is 24.1 Å². The minimum absolute atomic E-state index is 0.331. The normalized spacial score (nSPS) is 16.0. The van der Waals surface area contributed by atoms with Crippen LogP contribution in [0, 0.1) is 0 Å². The van der Waals surface area contributed by atoms with Crippen LogP contribution in [0.4, 0.5) is 0 Å². The number of hydrogen-bond acceptors (Lipinski definition) is 7. The van der Waals surface area contributed by atoms with Crippen molar-refractivity contribution in [3.63, 3.8) is 0 Å². The lowest BCUT2D eigenvalue weighted by molar-refractivity contribution is -0.259. The lowest BCUT2D eigenvalue weighted by Gasteiger charge is -2.10. The first-order valence-electron chi connectivity index (χ1n) is 7.91. The number of methoxy groups -OCH3 is 1. The summed E-state index contributed by atoms with van der Waals surface area (Å²) in [6.45, 7) is 0.614. The maximum absolute atomic E-state index is 10.9. The minimum Gasteiger partial charge on any atom is -0.495 e. The molecule has 0 aromatic heterocycles. The van der Waals surface area contributed by atoms with Crippen LogP contribution < -0.4 is 10.2 Å². The highest BCUT2D eigenvalue weighted by Gasteiger charge is 2.21. The van der Waals surface area contributed by atoms with E-state index in [4.69, 9.17) is 30.7 Å². The summed E-state index contributed by atoms with van der Waals surface area (Å²) in [4.78, 5) is 16.5. The van der Waals surface area contributed by atoms with Gasteiger partial charge in [-0.2, -0.15) is 4.28 Å². The van der Waals surface area contributed by atoms with Gasteiger partial charge in [-0.3, -0.25) is 10.0 Å². The van der Waals surface area contributed by atoms with E-state index in [-0.39, 0.29) is 5.91 Å². The fourth-order valence-electron chi connectivity index (χ4n) is 2.26. The Morgan fingerprint density at radius 2 is 2.20 bits per heavy atom. The maximum Gasteiger partial charge on any atom is 0.243 e. The Morgan fingerprint density at radius 1 is 1.40 bits per heavy atom. The van der Waals surface area contributed by atoms with E-state index in [9.17, 15) is 4.79 Å². The Bertz CT molecular complexity index is 614. The second kappa shape index (κ2) is 10.5. The van der Waals surface area contributed by atoms with Crippen LogP contribution in [-0.2, 0) is 13.9 Å². The molecule has 1 aliphatic heterocycles. The fraction of sp³-hybridized carbons (Fsp3) is 0.438. The molecule has 1 aliphatic rings. The molecule has 0 bridgehead atoms. The van der Waals surface area contributed by atoms with Crippen LogP contribution in [0.1, 0.15) is 37.7 Å². The molecule has 2 rings (SSSR count). The first kappa shape index (κ1) is 19.9. The van der Waals surface area contributed by atoms with Crippen molar-refractivity contribution in [2.45, 2.75) is 32.1 Å². The smallest absolute Gasteiger partial charge is 0.243 e. The van der Waals surface area contributed by atoms with Crippen LogP contribution in [0.3, 0.4) is 0 Å². The molecule has 1 fully saturated rings. The quantitative estimate of drug-likeness (QED) is 0.287. The third kappa shape index (κ3) is 6.41. The molecule has 2 N–H and O–H groups in total. The second-order valence-electron chi connectivity index (χ2n) is 5.33. The molecule has 138 valence electrons. The van der Waals surface area contributed by atoms with Crippen molar-refractivity contribution in [2.24, 2.45) is 0 Å². The minimum atomic E-state index is -0.353. The third-order valence-electron chi connectivity index (χ3n) is 3.49. The van der Waals surface area contributed by atoms with E-state index in [0.29, 0.717) is 28.8 Å². The molecule has 0 spiro atoms. The average Bonchev–Trinajstić information content (AvgIpc) is 3.05. The van der Waals surface area contributed by atoms with Gasteiger partial charge in [0.25, 0.3) is 0 Å². The molecule has 1 aromatic rings. The molecule has 9 heteroatoms. The van der Waals surface area contributed by atoms with E-state index in [0.717, 1.165) is 43.3 Å². The Labute approximate surface area is 155 Å². The topological polar surface area (TPSA) is 80.3 Å². The van der Waals surface area contributed by atoms with E-state index in [1.807, 2.05) is 18.2 Å². The number of para-hydroxylation sites is 1. The SMILES string of the molecule is COc1c(Cl)cccc1/C=C1/ON(CCCCCCC(=O)NO)OS1. The predicted octanol–water partition coefficient (Wildman–Crippen LogP) is 3.93. The van der Waals surface area contributed by atoms with Crippen molar-refractivity contribution in [1.82, 2.24) is 10.7 Å². The molecule has 0 unspecified atom stereocenters. The van der Waals surface area contributed by atoms with Gasteiger partial charge in [-0.1, -0.05) is 36.6 Å². The maximum atomic E-state index is 10.9. The van der Waals surface area contributed by atoms with Crippen molar-refractivity contribution in [2.75, 3.05) is 13.7 Å². The van der Waals surface area contributed by atoms with Crippen LogP contribution in [0.2, 0.25) is 5.02 Å². The van der Waals surface area contributed by atoms with Crippen molar-refractivity contribution in [3.8, 4) is 5.75 Å². The zero-order chi connectivity index (χ0) is 18.1. The first-order chi connectivity index (χ1) is 12.1. The number of hydrogen-bond donors (Lipinski definition) is 2. The number of carbonyl (C=O) groups excluding carboxylic acids is 1. The largest absolute Gasteiger partial charge is 0.495 e. The highest BCUT2D eigenvalue weighted by molar-refractivity contribution is 7.98. The molecule has 0 radical (unpaired) electrons. The van der Waals surface area contributed by atoms with Crippen LogP contribution in [0.15, 0.2) is 23.3 Å². The molecule has 1 saturated heterocycles. The Balaban J connectivity index is 1.73. The lowest BCUT2D eigenvalue weighted by atomic mass is 10.1. The second-order valence-corrected chi connectivity index (χ2v) is 6.46. The van der Waals surface area contributed by atoms with Crippen LogP contribution in [0.5, 0.6) is 5.75 Å². The number of ether oxygens (including phenoxy) is 1. The van der Waals surface area contributed by atoms with Gasteiger partial charge in [0.05, 0.1) is 30.7 Å². The molecule has 7 nitrogen and oxygen atoms in total. The number of unbranched alkanes of at least 4 members (excludes halogenated alkanes) is 3. The number of halogens is 1. The highest BCUT2D eigenvalue weighted by Crippen LogP contribution is 2.35. The van der Waals surface area contributed by atoms with E-state index in [1.54, 1.807) is 18.7 Å². The summed E-state index contributed by atoms with van der Waals surface area (Å²) in [7, 11) is 1.57. The van der Waals surface area contributed by atoms with Gasteiger partial charge in [-0.25, -0.2) is 5.48 Å². The zero-order valence-corrected chi connectivity index (χ0v) is 15.4. The molecule has 1 amide bonds. The van der Waals surface area contributed by atoms with Crippen LogP contribution >= 0.6 is 23.6 Å². The fourth-order valence-corrected chi connectivity index (χ4v) is 3.07. The molecule has 1 aromatic carbocycles. The van der Waals surface area contributed by atoms with Gasteiger partial charge >= 0.3 is 0 Å². The van der Waals surface area contributed by atoms with Crippen molar-refractivity contribution < 1.29 is 23.9 Å². The van der Waals surface area contributed by atoms with Gasteiger partial charge in [-0.15, -0.1) is 0 Å².